The summed E-state index contributed by atoms with van der Waals surface area (Å²) in [5.41, 5.74) is 6.28. The van der Waals surface area contributed by atoms with Crippen LogP contribution in [0.5, 0.6) is 0 Å². The lowest BCUT2D eigenvalue weighted by atomic mass is 9.44. The number of nitrogens with zero attached hydrogens (tertiary/aromatic N) is 2. The molecule has 2 unspecified atom stereocenters. The summed E-state index contributed by atoms with van der Waals surface area (Å²) in [7, 11) is 0. The largest absolute Gasteiger partial charge is 0.365 e. The van der Waals surface area contributed by atoms with Crippen LogP contribution in [0.2, 0.25) is 0 Å². The minimum absolute atomic E-state index is 0.156. The molecule has 1 aromatic heterocycles. The Kier molecular flexibility index (Phi) is 1.66. The van der Waals surface area contributed by atoms with Crippen molar-refractivity contribution < 1.29 is 4.52 Å². The first-order valence-electron chi connectivity index (χ1n) is 6.67. The second-order valence-corrected chi connectivity index (χ2v) is 7.01. The highest BCUT2D eigenvalue weighted by Gasteiger charge is 2.58. The first-order chi connectivity index (χ1) is 8.07. The summed E-state index contributed by atoms with van der Waals surface area (Å²) in [5.74, 6) is 2.85. The predicted molar refractivity (Wildman–Crippen MR) is 63.2 cm³/mol. The van der Waals surface area contributed by atoms with Crippen LogP contribution in [0.1, 0.15) is 51.3 Å². The normalized spacial score (nSPS) is 47.6. The molecule has 4 aliphatic carbocycles. The Morgan fingerprint density at radius 2 is 1.94 bits per heavy atom. The van der Waals surface area contributed by atoms with Crippen LogP contribution < -0.4 is 5.73 Å². The Balaban J connectivity index is 1.79. The molecule has 4 bridgehead atoms. The van der Waals surface area contributed by atoms with Crippen LogP contribution in [0.4, 0.5) is 5.95 Å². The molecule has 4 aliphatic rings. The van der Waals surface area contributed by atoms with E-state index in [9.17, 15) is 0 Å². The molecule has 0 amide bonds. The third-order valence-corrected chi connectivity index (χ3v) is 5.25. The predicted octanol–water partition coefficient (Wildman–Crippen LogP) is 2.51. The van der Waals surface area contributed by atoms with Gasteiger partial charge in [-0.1, -0.05) is 6.92 Å². The van der Waals surface area contributed by atoms with Crippen molar-refractivity contribution in [3.05, 3.63) is 5.89 Å². The van der Waals surface area contributed by atoms with Gasteiger partial charge in [0, 0.05) is 0 Å². The topological polar surface area (TPSA) is 64.9 Å². The van der Waals surface area contributed by atoms with Crippen LogP contribution in [-0.2, 0) is 5.41 Å². The zero-order valence-corrected chi connectivity index (χ0v) is 10.3. The molecule has 1 heterocycles. The van der Waals surface area contributed by atoms with Crippen molar-refractivity contribution in [2.75, 3.05) is 5.73 Å². The number of anilines is 1. The Morgan fingerprint density at radius 3 is 2.47 bits per heavy atom. The highest BCUT2D eigenvalue weighted by Crippen LogP contribution is 2.65. The van der Waals surface area contributed by atoms with Crippen molar-refractivity contribution in [3.8, 4) is 0 Å². The summed E-state index contributed by atoms with van der Waals surface area (Å²) in [4.78, 5) is 4.33. The van der Waals surface area contributed by atoms with Gasteiger partial charge < -0.3 is 10.3 Å². The highest BCUT2D eigenvalue weighted by atomic mass is 16.5. The van der Waals surface area contributed by atoms with Gasteiger partial charge in [0.05, 0.1) is 5.41 Å². The zero-order valence-electron chi connectivity index (χ0n) is 10.3. The molecule has 0 spiro atoms. The number of aromatic nitrogens is 2. The molecular formula is C13H19N3O. The fourth-order valence-corrected chi connectivity index (χ4v) is 5.42. The van der Waals surface area contributed by atoms with Crippen molar-refractivity contribution >= 4 is 5.95 Å². The fourth-order valence-electron chi connectivity index (χ4n) is 5.42. The van der Waals surface area contributed by atoms with Gasteiger partial charge in [0.25, 0.3) is 5.95 Å². The fraction of sp³-hybridized carbons (Fsp3) is 0.846. The average molecular weight is 233 g/mol. The standard InChI is InChI=1S/C13H19N3O/c1-12-3-8-2-9(4-12)6-13(5-8,7-12)10-15-11(14)16-17-10/h8-9H,2-7H2,1H3,(H2,14,16). The van der Waals surface area contributed by atoms with Gasteiger partial charge in [-0.2, -0.15) is 4.98 Å². The molecule has 0 aliphatic heterocycles. The van der Waals surface area contributed by atoms with Gasteiger partial charge >= 0.3 is 0 Å². The Bertz CT molecular complexity index is 453. The van der Waals surface area contributed by atoms with E-state index in [1.54, 1.807) is 0 Å². The minimum Gasteiger partial charge on any atom is -0.365 e. The molecule has 0 radical (unpaired) electrons. The van der Waals surface area contributed by atoms with Crippen LogP contribution in [0.25, 0.3) is 0 Å². The molecule has 92 valence electrons. The van der Waals surface area contributed by atoms with Crippen molar-refractivity contribution in [1.29, 1.82) is 0 Å². The summed E-state index contributed by atoms with van der Waals surface area (Å²) < 4.78 is 5.41. The molecule has 4 saturated carbocycles. The summed E-state index contributed by atoms with van der Waals surface area (Å²) in [6.07, 6.45) is 7.90. The van der Waals surface area contributed by atoms with E-state index in [-0.39, 0.29) is 5.41 Å². The average Bonchev–Trinajstić information content (AvgIpc) is 2.61. The van der Waals surface area contributed by atoms with E-state index in [0.717, 1.165) is 17.7 Å². The van der Waals surface area contributed by atoms with E-state index in [2.05, 4.69) is 17.1 Å². The Hall–Kier alpha value is -1.06. The maximum Gasteiger partial charge on any atom is 0.260 e. The van der Waals surface area contributed by atoms with Crippen LogP contribution in [0.3, 0.4) is 0 Å². The maximum atomic E-state index is 5.61. The Morgan fingerprint density at radius 1 is 1.24 bits per heavy atom. The van der Waals surface area contributed by atoms with E-state index >= 15 is 0 Å². The quantitative estimate of drug-likeness (QED) is 0.809. The van der Waals surface area contributed by atoms with Gasteiger partial charge in [-0.3, -0.25) is 0 Å². The molecular weight excluding hydrogens is 214 g/mol. The summed E-state index contributed by atoms with van der Waals surface area (Å²) in [6, 6.07) is 0. The monoisotopic (exact) mass is 233 g/mol. The van der Waals surface area contributed by atoms with Gasteiger partial charge in [-0.05, 0) is 60.9 Å². The van der Waals surface area contributed by atoms with Crippen LogP contribution >= 0.6 is 0 Å². The third kappa shape index (κ3) is 1.30. The van der Waals surface area contributed by atoms with Gasteiger partial charge in [0.1, 0.15) is 0 Å². The van der Waals surface area contributed by atoms with E-state index in [4.69, 9.17) is 10.3 Å². The molecule has 4 nitrogen and oxygen atoms in total. The SMILES string of the molecule is CC12CC3CC(C1)CC(c1nc(N)no1)(C3)C2. The highest BCUT2D eigenvalue weighted by molar-refractivity contribution is 5.21. The van der Waals surface area contributed by atoms with Crippen LogP contribution in [-0.4, -0.2) is 10.1 Å². The first-order valence-corrected chi connectivity index (χ1v) is 6.67. The van der Waals surface area contributed by atoms with Gasteiger partial charge in [0.15, 0.2) is 0 Å². The number of hydrogen-bond acceptors (Lipinski definition) is 4. The van der Waals surface area contributed by atoms with E-state index in [0.29, 0.717) is 11.4 Å². The van der Waals surface area contributed by atoms with Gasteiger partial charge in [-0.25, -0.2) is 0 Å². The molecule has 0 saturated heterocycles. The maximum absolute atomic E-state index is 5.61. The molecule has 1 aromatic rings. The summed E-state index contributed by atoms with van der Waals surface area (Å²) in [5, 5.41) is 3.79. The number of nitrogen functional groups attached to an aromatic ring is 1. The minimum atomic E-state index is 0.156. The molecule has 2 atom stereocenters. The van der Waals surface area contributed by atoms with Gasteiger partial charge in [0.2, 0.25) is 5.89 Å². The smallest absolute Gasteiger partial charge is 0.260 e. The first kappa shape index (κ1) is 9.92. The molecule has 4 heteroatoms. The van der Waals surface area contributed by atoms with Crippen molar-refractivity contribution in [2.45, 2.75) is 50.9 Å². The lowest BCUT2D eigenvalue weighted by Gasteiger charge is -2.59. The third-order valence-electron chi connectivity index (χ3n) is 5.25. The lowest BCUT2D eigenvalue weighted by Crippen LogP contribution is -2.53. The molecule has 0 aromatic carbocycles. The summed E-state index contributed by atoms with van der Waals surface area (Å²) in [6.45, 7) is 2.44. The van der Waals surface area contributed by atoms with Crippen molar-refractivity contribution in [1.82, 2.24) is 10.1 Å². The van der Waals surface area contributed by atoms with E-state index in [1.807, 2.05) is 0 Å². The van der Waals surface area contributed by atoms with E-state index < -0.39 is 0 Å². The van der Waals surface area contributed by atoms with Gasteiger partial charge in [-0.15, -0.1) is 0 Å². The number of rotatable bonds is 1. The number of nitrogens with two attached hydrogens (primary N) is 1. The molecule has 5 rings (SSSR count). The van der Waals surface area contributed by atoms with Crippen LogP contribution in [0.15, 0.2) is 4.52 Å². The zero-order chi connectivity index (χ0) is 11.7. The second kappa shape index (κ2) is 2.85. The molecule has 2 N–H and O–H groups in total. The Labute approximate surface area is 101 Å². The van der Waals surface area contributed by atoms with Crippen molar-refractivity contribution in [2.24, 2.45) is 17.3 Å². The second-order valence-electron chi connectivity index (χ2n) is 7.01. The number of hydrogen-bond donors (Lipinski definition) is 1. The summed E-state index contributed by atoms with van der Waals surface area (Å²) >= 11 is 0. The molecule has 4 fully saturated rings. The van der Waals surface area contributed by atoms with Crippen molar-refractivity contribution in [3.63, 3.8) is 0 Å². The molecule has 17 heavy (non-hydrogen) atoms. The van der Waals surface area contributed by atoms with Crippen LogP contribution in [0, 0.1) is 17.3 Å². The lowest BCUT2D eigenvalue weighted by molar-refractivity contribution is -0.0724. The van der Waals surface area contributed by atoms with E-state index in [1.165, 1.54) is 38.5 Å².